The molecule has 0 unspecified atom stereocenters. The van der Waals surface area contributed by atoms with Gasteiger partial charge in [0.15, 0.2) is 17.9 Å². The standard InChI is InChI=1S/C11H6F2INO/c12-9-5-15(10(6-16)11(9)13)8-3-1-7(14)2-4-8/h1-6H. The van der Waals surface area contributed by atoms with E-state index in [9.17, 15) is 13.6 Å². The Morgan fingerprint density at radius 2 is 1.81 bits per heavy atom. The molecule has 1 aromatic carbocycles. The fourth-order valence-corrected chi connectivity index (χ4v) is 1.75. The Labute approximate surface area is 104 Å². The normalized spacial score (nSPS) is 10.4. The summed E-state index contributed by atoms with van der Waals surface area (Å²) in [7, 11) is 0. The van der Waals surface area contributed by atoms with Crippen LogP contribution in [-0.4, -0.2) is 10.9 Å². The van der Waals surface area contributed by atoms with Crippen LogP contribution in [0, 0.1) is 15.2 Å². The number of rotatable bonds is 2. The maximum Gasteiger partial charge on any atom is 0.187 e. The Kier molecular flexibility index (Phi) is 3.04. The zero-order valence-corrected chi connectivity index (χ0v) is 10.1. The number of benzene rings is 1. The first kappa shape index (κ1) is 11.3. The molecule has 0 aliphatic rings. The van der Waals surface area contributed by atoms with Gasteiger partial charge >= 0.3 is 0 Å². The maximum atomic E-state index is 13.2. The third kappa shape index (κ3) is 1.87. The first-order chi connectivity index (χ1) is 7.63. The molecule has 2 aromatic rings. The number of hydrogen-bond acceptors (Lipinski definition) is 1. The van der Waals surface area contributed by atoms with Gasteiger partial charge in [0.25, 0.3) is 0 Å². The molecule has 0 fully saturated rings. The molecule has 2 rings (SSSR count). The minimum atomic E-state index is -1.12. The summed E-state index contributed by atoms with van der Waals surface area (Å²) < 4.78 is 28.3. The highest BCUT2D eigenvalue weighted by molar-refractivity contribution is 14.1. The van der Waals surface area contributed by atoms with Gasteiger partial charge in [0, 0.05) is 15.5 Å². The predicted octanol–water partition coefficient (Wildman–Crippen LogP) is 3.17. The summed E-state index contributed by atoms with van der Waals surface area (Å²) in [4.78, 5) is 10.7. The molecule has 0 amide bonds. The van der Waals surface area contributed by atoms with Gasteiger partial charge in [-0.3, -0.25) is 4.79 Å². The van der Waals surface area contributed by atoms with E-state index in [-0.39, 0.29) is 5.69 Å². The van der Waals surface area contributed by atoms with Gasteiger partial charge in [-0.25, -0.2) is 8.78 Å². The number of nitrogens with zero attached hydrogens (tertiary/aromatic N) is 1. The highest BCUT2D eigenvalue weighted by Crippen LogP contribution is 2.19. The van der Waals surface area contributed by atoms with Gasteiger partial charge in [-0.15, -0.1) is 0 Å². The third-order valence-corrected chi connectivity index (χ3v) is 2.87. The Morgan fingerprint density at radius 1 is 1.19 bits per heavy atom. The Bertz CT molecular complexity index is 534. The average molecular weight is 333 g/mol. The summed E-state index contributed by atoms with van der Waals surface area (Å²) in [5, 5.41) is 0. The zero-order valence-electron chi connectivity index (χ0n) is 7.95. The van der Waals surface area contributed by atoms with Crippen LogP contribution in [0.5, 0.6) is 0 Å². The Balaban J connectivity index is 2.59. The maximum absolute atomic E-state index is 13.2. The lowest BCUT2D eigenvalue weighted by molar-refractivity contribution is 0.111. The first-order valence-corrected chi connectivity index (χ1v) is 5.49. The minimum Gasteiger partial charge on any atom is -0.309 e. The molecule has 82 valence electrons. The van der Waals surface area contributed by atoms with Crippen LogP contribution >= 0.6 is 22.6 Å². The summed E-state index contributed by atoms with van der Waals surface area (Å²) in [6.07, 6.45) is 1.26. The van der Waals surface area contributed by atoms with Crippen LogP contribution < -0.4 is 0 Å². The summed E-state index contributed by atoms with van der Waals surface area (Å²) >= 11 is 2.12. The third-order valence-electron chi connectivity index (χ3n) is 2.15. The number of aldehydes is 1. The van der Waals surface area contributed by atoms with Gasteiger partial charge in [-0.2, -0.15) is 0 Å². The molecule has 0 radical (unpaired) electrons. The van der Waals surface area contributed by atoms with Crippen molar-refractivity contribution in [3.63, 3.8) is 0 Å². The predicted molar refractivity (Wildman–Crippen MR) is 63.8 cm³/mol. The largest absolute Gasteiger partial charge is 0.309 e. The number of hydrogen-bond donors (Lipinski definition) is 0. The van der Waals surface area contributed by atoms with E-state index in [0.29, 0.717) is 12.0 Å². The van der Waals surface area contributed by atoms with E-state index in [2.05, 4.69) is 22.6 Å². The van der Waals surface area contributed by atoms with Crippen molar-refractivity contribution in [3.8, 4) is 5.69 Å². The van der Waals surface area contributed by atoms with Crippen molar-refractivity contribution in [3.05, 3.63) is 51.4 Å². The van der Waals surface area contributed by atoms with Crippen molar-refractivity contribution in [2.45, 2.75) is 0 Å². The Morgan fingerprint density at radius 3 is 2.38 bits per heavy atom. The molecule has 0 atom stereocenters. The highest BCUT2D eigenvalue weighted by atomic mass is 127. The van der Waals surface area contributed by atoms with Crippen LogP contribution in [0.3, 0.4) is 0 Å². The van der Waals surface area contributed by atoms with Gasteiger partial charge in [-0.1, -0.05) is 0 Å². The summed E-state index contributed by atoms with van der Waals surface area (Å²) in [5.41, 5.74) is 0.240. The van der Waals surface area contributed by atoms with E-state index < -0.39 is 11.6 Å². The lowest BCUT2D eigenvalue weighted by atomic mass is 10.3. The summed E-state index contributed by atoms with van der Waals surface area (Å²) in [6, 6.07) is 6.96. The number of halogens is 3. The molecule has 5 heteroatoms. The molecular formula is C11H6F2INO. The molecule has 0 aliphatic carbocycles. The molecule has 0 spiro atoms. The topological polar surface area (TPSA) is 22.0 Å². The van der Waals surface area contributed by atoms with Gasteiger partial charge < -0.3 is 4.57 Å². The average Bonchev–Trinajstić information content (AvgIpc) is 2.56. The molecule has 16 heavy (non-hydrogen) atoms. The smallest absolute Gasteiger partial charge is 0.187 e. The number of aromatic nitrogens is 1. The summed E-state index contributed by atoms with van der Waals surface area (Å²) in [5.74, 6) is -2.14. The van der Waals surface area contributed by atoms with E-state index in [4.69, 9.17) is 0 Å². The van der Waals surface area contributed by atoms with Crippen LogP contribution in [0.2, 0.25) is 0 Å². The van der Waals surface area contributed by atoms with Crippen LogP contribution in [0.15, 0.2) is 30.5 Å². The van der Waals surface area contributed by atoms with Crippen molar-refractivity contribution in [1.82, 2.24) is 4.57 Å². The lowest BCUT2D eigenvalue weighted by Gasteiger charge is -2.04. The molecule has 0 bridgehead atoms. The van der Waals surface area contributed by atoms with Crippen molar-refractivity contribution in [1.29, 1.82) is 0 Å². The zero-order chi connectivity index (χ0) is 11.7. The lowest BCUT2D eigenvalue weighted by Crippen LogP contribution is -1.98. The molecule has 0 saturated carbocycles. The van der Waals surface area contributed by atoms with Gasteiger partial charge in [-0.05, 0) is 46.9 Å². The van der Waals surface area contributed by atoms with E-state index in [1.807, 2.05) is 0 Å². The van der Waals surface area contributed by atoms with E-state index in [1.165, 1.54) is 4.57 Å². The molecule has 1 aromatic heterocycles. The van der Waals surface area contributed by atoms with Crippen molar-refractivity contribution < 1.29 is 13.6 Å². The SMILES string of the molecule is O=Cc1c(F)c(F)cn1-c1ccc(I)cc1. The molecule has 0 aliphatic heterocycles. The van der Waals surface area contributed by atoms with Gasteiger partial charge in [0.2, 0.25) is 0 Å². The molecule has 2 nitrogen and oxygen atoms in total. The second-order valence-electron chi connectivity index (χ2n) is 3.14. The fraction of sp³-hybridized carbons (Fsp3) is 0. The van der Waals surface area contributed by atoms with Crippen molar-refractivity contribution in [2.24, 2.45) is 0 Å². The van der Waals surface area contributed by atoms with E-state index in [1.54, 1.807) is 24.3 Å². The van der Waals surface area contributed by atoms with Crippen LogP contribution in [-0.2, 0) is 0 Å². The van der Waals surface area contributed by atoms with Crippen molar-refractivity contribution >= 4 is 28.9 Å². The second-order valence-corrected chi connectivity index (χ2v) is 4.39. The van der Waals surface area contributed by atoms with Gasteiger partial charge in [0.05, 0.1) is 0 Å². The van der Waals surface area contributed by atoms with Crippen molar-refractivity contribution in [2.75, 3.05) is 0 Å². The molecule has 1 heterocycles. The van der Waals surface area contributed by atoms with E-state index >= 15 is 0 Å². The monoisotopic (exact) mass is 333 g/mol. The minimum absolute atomic E-state index is 0.302. The van der Waals surface area contributed by atoms with Gasteiger partial charge in [0.1, 0.15) is 5.69 Å². The van der Waals surface area contributed by atoms with Crippen LogP contribution in [0.1, 0.15) is 10.5 Å². The van der Waals surface area contributed by atoms with Crippen LogP contribution in [0.4, 0.5) is 8.78 Å². The molecule has 0 saturated heterocycles. The second kappa shape index (κ2) is 4.32. The van der Waals surface area contributed by atoms with E-state index in [0.717, 1.165) is 9.77 Å². The number of carbonyl (C=O) groups excluding carboxylic acids is 1. The quantitative estimate of drug-likeness (QED) is 0.611. The molecular weight excluding hydrogens is 327 g/mol. The highest BCUT2D eigenvalue weighted by Gasteiger charge is 2.15. The summed E-state index contributed by atoms with van der Waals surface area (Å²) in [6.45, 7) is 0. The number of carbonyl (C=O) groups is 1. The first-order valence-electron chi connectivity index (χ1n) is 4.41. The molecule has 0 N–H and O–H groups in total. The Hall–Kier alpha value is -1.24. The van der Waals surface area contributed by atoms with Crippen LogP contribution in [0.25, 0.3) is 5.69 Å². The fourth-order valence-electron chi connectivity index (χ4n) is 1.39.